The van der Waals surface area contributed by atoms with Crippen LogP contribution in [0.4, 0.5) is 0 Å². The van der Waals surface area contributed by atoms with Crippen LogP contribution in [-0.2, 0) is 16.2 Å². The Labute approximate surface area is 103 Å². The van der Waals surface area contributed by atoms with Crippen LogP contribution in [0, 0.1) is 6.92 Å². The second-order valence-electron chi connectivity index (χ2n) is 3.27. The van der Waals surface area contributed by atoms with Gasteiger partial charge < -0.3 is 15.3 Å². The first-order chi connectivity index (χ1) is 8.34. The van der Waals surface area contributed by atoms with Gasteiger partial charge in [0.1, 0.15) is 5.75 Å². The Hall–Kier alpha value is -2.28. The summed E-state index contributed by atoms with van der Waals surface area (Å²) in [7, 11) is 0. The second kappa shape index (κ2) is 7.13. The van der Waals surface area contributed by atoms with E-state index in [2.05, 4.69) is 4.98 Å². The number of carboxylic acids is 1. The molecule has 0 fully saturated rings. The van der Waals surface area contributed by atoms with E-state index in [1.165, 1.54) is 6.20 Å². The number of aliphatic carboxylic acids is 1. The van der Waals surface area contributed by atoms with E-state index >= 15 is 0 Å². The van der Waals surface area contributed by atoms with Crippen molar-refractivity contribution in [3.05, 3.63) is 23.0 Å². The summed E-state index contributed by atoms with van der Waals surface area (Å²) in [4.78, 5) is 33.1. The lowest BCUT2D eigenvalue weighted by molar-refractivity contribution is -0.148. The van der Waals surface area contributed by atoms with E-state index in [-0.39, 0.29) is 17.9 Å². The zero-order valence-corrected chi connectivity index (χ0v) is 9.88. The third kappa shape index (κ3) is 4.30. The number of hydrogen-bond acceptors (Lipinski definition) is 6. The molecule has 98 valence electrons. The molecule has 0 aromatic carbocycles. The fourth-order valence-electron chi connectivity index (χ4n) is 0.910. The van der Waals surface area contributed by atoms with Crippen LogP contribution in [0.3, 0.4) is 0 Å². The molecule has 1 aromatic heterocycles. The van der Waals surface area contributed by atoms with Gasteiger partial charge in [-0.05, 0) is 6.92 Å². The van der Waals surface area contributed by atoms with E-state index in [4.69, 9.17) is 10.2 Å². The van der Waals surface area contributed by atoms with E-state index in [9.17, 15) is 19.5 Å². The minimum atomic E-state index is -1.38. The first kappa shape index (κ1) is 15.7. The third-order valence-electron chi connectivity index (χ3n) is 1.95. The van der Waals surface area contributed by atoms with Gasteiger partial charge in [-0.2, -0.15) is 0 Å². The number of carboxylic acid groups (broad SMARTS) is 1. The zero-order chi connectivity index (χ0) is 14.3. The summed E-state index contributed by atoms with van der Waals surface area (Å²) in [5.74, 6) is -2.36. The number of aryl methyl sites for hydroxylation is 1. The van der Waals surface area contributed by atoms with Crippen LogP contribution < -0.4 is 0 Å². The maximum Gasteiger partial charge on any atom is 0.371 e. The topological polar surface area (TPSA) is 125 Å². The fourth-order valence-corrected chi connectivity index (χ4v) is 0.910. The fraction of sp³-hybridized carbons (Fsp3) is 0.273. The molecular formula is C11H13NO6. The molecule has 7 nitrogen and oxygen atoms in total. The van der Waals surface area contributed by atoms with Crippen molar-refractivity contribution in [1.29, 1.82) is 0 Å². The number of aliphatic hydroxyl groups excluding tert-OH is 1. The number of pyridine rings is 1. The molecule has 1 aromatic rings. The first-order valence-corrected chi connectivity index (χ1v) is 4.82. The number of Topliss-reactive ketones (excluding diaryl/α,β-unsaturated/α-hetero) is 1. The largest absolute Gasteiger partial charge is 0.505 e. The molecule has 0 radical (unpaired) electrons. The van der Waals surface area contributed by atoms with Crippen LogP contribution in [0.2, 0.25) is 0 Å². The molecule has 0 aliphatic heterocycles. The average molecular weight is 255 g/mol. The van der Waals surface area contributed by atoms with Gasteiger partial charge in [0.25, 0.3) is 0 Å². The Bertz CT molecular complexity index is 457. The minimum Gasteiger partial charge on any atom is -0.505 e. The van der Waals surface area contributed by atoms with Gasteiger partial charge in [0.15, 0.2) is 6.29 Å². The quantitative estimate of drug-likeness (QED) is 0.515. The van der Waals surface area contributed by atoms with Crippen molar-refractivity contribution in [3.8, 4) is 5.75 Å². The lowest BCUT2D eigenvalue weighted by Gasteiger charge is -2.04. The van der Waals surface area contributed by atoms with Crippen molar-refractivity contribution < 1.29 is 29.7 Å². The predicted molar refractivity (Wildman–Crippen MR) is 60.3 cm³/mol. The maximum atomic E-state index is 10.5. The molecule has 0 bridgehead atoms. The SMILES string of the molecule is CC(=O)C(=O)O.Cc1ncc(CO)c(C=O)c1O. The van der Waals surface area contributed by atoms with Crippen molar-refractivity contribution in [1.82, 2.24) is 4.98 Å². The number of ketones is 1. The number of aliphatic hydroxyl groups is 1. The molecule has 0 amide bonds. The van der Waals surface area contributed by atoms with Gasteiger partial charge in [0.05, 0.1) is 17.9 Å². The van der Waals surface area contributed by atoms with E-state index in [1.807, 2.05) is 0 Å². The number of aldehydes is 1. The summed E-state index contributed by atoms with van der Waals surface area (Å²) in [6, 6.07) is 0. The number of aromatic nitrogens is 1. The van der Waals surface area contributed by atoms with Gasteiger partial charge in [-0.25, -0.2) is 4.79 Å². The minimum absolute atomic E-state index is 0.116. The highest BCUT2D eigenvalue weighted by Gasteiger charge is 2.09. The summed E-state index contributed by atoms with van der Waals surface area (Å²) >= 11 is 0. The van der Waals surface area contributed by atoms with E-state index in [1.54, 1.807) is 6.92 Å². The Balaban J connectivity index is 0.000000411. The number of hydrogen-bond donors (Lipinski definition) is 3. The van der Waals surface area contributed by atoms with E-state index < -0.39 is 11.8 Å². The molecule has 7 heteroatoms. The molecule has 0 unspecified atom stereocenters. The van der Waals surface area contributed by atoms with E-state index in [0.717, 1.165) is 6.92 Å². The number of carbonyl (C=O) groups is 3. The molecule has 18 heavy (non-hydrogen) atoms. The van der Waals surface area contributed by atoms with Crippen molar-refractivity contribution >= 4 is 18.0 Å². The monoisotopic (exact) mass is 255 g/mol. The smallest absolute Gasteiger partial charge is 0.371 e. The standard InChI is InChI=1S/C8H9NO3.C3H4O3/c1-5-8(12)7(4-11)6(3-10)2-9-5;1-2(4)3(5)6/h2,4,10,12H,3H2,1H3;1H3,(H,5,6). The van der Waals surface area contributed by atoms with Crippen molar-refractivity contribution in [3.63, 3.8) is 0 Å². The highest BCUT2D eigenvalue weighted by atomic mass is 16.4. The normalized spacial score (nSPS) is 9.06. The maximum absolute atomic E-state index is 10.5. The molecule has 1 rings (SSSR count). The number of aromatic hydroxyl groups is 1. The summed E-state index contributed by atoms with van der Waals surface area (Å²) in [6.07, 6.45) is 1.88. The Kier molecular flexibility index (Phi) is 6.22. The first-order valence-electron chi connectivity index (χ1n) is 4.82. The molecule has 0 aliphatic carbocycles. The van der Waals surface area contributed by atoms with Gasteiger partial charge in [0.2, 0.25) is 5.78 Å². The number of rotatable bonds is 3. The lowest BCUT2D eigenvalue weighted by atomic mass is 10.1. The number of carbonyl (C=O) groups excluding carboxylic acids is 2. The van der Waals surface area contributed by atoms with Crippen LogP contribution in [0.15, 0.2) is 6.20 Å². The van der Waals surface area contributed by atoms with Gasteiger partial charge in [-0.1, -0.05) is 0 Å². The molecule has 0 saturated carbocycles. The Morgan fingerprint density at radius 2 is 1.94 bits per heavy atom. The highest BCUT2D eigenvalue weighted by Crippen LogP contribution is 2.21. The molecular weight excluding hydrogens is 242 g/mol. The van der Waals surface area contributed by atoms with Gasteiger partial charge in [0, 0.05) is 18.7 Å². The van der Waals surface area contributed by atoms with Crippen molar-refractivity contribution in [2.24, 2.45) is 0 Å². The molecule has 0 aliphatic rings. The van der Waals surface area contributed by atoms with Crippen LogP contribution in [-0.4, -0.2) is 38.3 Å². The highest BCUT2D eigenvalue weighted by molar-refractivity contribution is 6.31. The Morgan fingerprint density at radius 1 is 1.44 bits per heavy atom. The van der Waals surface area contributed by atoms with Gasteiger partial charge >= 0.3 is 5.97 Å². The second-order valence-corrected chi connectivity index (χ2v) is 3.27. The zero-order valence-electron chi connectivity index (χ0n) is 9.88. The molecule has 1 heterocycles. The third-order valence-corrected chi connectivity index (χ3v) is 1.95. The van der Waals surface area contributed by atoms with Crippen molar-refractivity contribution in [2.75, 3.05) is 0 Å². The molecule has 0 spiro atoms. The van der Waals surface area contributed by atoms with Crippen LogP contribution >= 0.6 is 0 Å². The summed E-state index contributed by atoms with van der Waals surface area (Å²) in [6.45, 7) is 2.29. The average Bonchev–Trinajstić information content (AvgIpc) is 2.33. The van der Waals surface area contributed by atoms with Crippen molar-refractivity contribution in [2.45, 2.75) is 20.5 Å². The number of nitrogens with zero attached hydrogens (tertiary/aromatic N) is 1. The van der Waals surface area contributed by atoms with E-state index in [0.29, 0.717) is 17.5 Å². The Morgan fingerprint density at radius 3 is 2.28 bits per heavy atom. The molecule has 0 saturated heterocycles. The van der Waals surface area contributed by atoms with Crippen LogP contribution in [0.1, 0.15) is 28.5 Å². The molecule has 3 N–H and O–H groups in total. The van der Waals surface area contributed by atoms with Gasteiger partial charge in [-0.15, -0.1) is 0 Å². The predicted octanol–water partition coefficient (Wildman–Crippen LogP) is 0.0604. The lowest BCUT2D eigenvalue weighted by Crippen LogP contribution is -2.05. The summed E-state index contributed by atoms with van der Waals surface area (Å²) in [5, 5.41) is 25.7. The summed E-state index contributed by atoms with van der Waals surface area (Å²) < 4.78 is 0. The van der Waals surface area contributed by atoms with Crippen LogP contribution in [0.5, 0.6) is 5.75 Å². The molecule has 0 atom stereocenters. The summed E-state index contributed by atoms with van der Waals surface area (Å²) in [5.41, 5.74) is 0.840. The van der Waals surface area contributed by atoms with Gasteiger partial charge in [-0.3, -0.25) is 14.6 Å². The van der Waals surface area contributed by atoms with Crippen LogP contribution in [0.25, 0.3) is 0 Å².